The van der Waals surface area contributed by atoms with Crippen LogP contribution in [-0.2, 0) is 0 Å². The lowest BCUT2D eigenvalue weighted by atomic mass is 9.97. The van der Waals surface area contributed by atoms with E-state index in [1.54, 1.807) is 12.1 Å². The number of hydrogen-bond acceptors (Lipinski definition) is 3. The molecule has 0 aliphatic carbocycles. The molecule has 0 fully saturated rings. The summed E-state index contributed by atoms with van der Waals surface area (Å²) in [5, 5.41) is 16.7. The van der Waals surface area contributed by atoms with Crippen molar-refractivity contribution in [2.45, 2.75) is 6.92 Å². The Balaban J connectivity index is 1.75. The standard InChI is InChI=1S/C20H15N3O2/c1-13-4-2-3-5-17(13)15-8-6-14(7-9-15)16-10-11-18-19(12-16)23(20(24)25)22-21-18/h2-12H,1H3,(H,24,25). The van der Waals surface area contributed by atoms with E-state index in [4.69, 9.17) is 0 Å². The zero-order valence-electron chi connectivity index (χ0n) is 13.5. The third kappa shape index (κ3) is 2.65. The van der Waals surface area contributed by atoms with Crippen LogP contribution in [0.4, 0.5) is 4.79 Å². The first-order chi connectivity index (χ1) is 12.1. The summed E-state index contributed by atoms with van der Waals surface area (Å²) in [5.41, 5.74) is 6.56. The van der Waals surface area contributed by atoms with Crippen LogP contribution in [0.2, 0.25) is 0 Å². The molecule has 0 saturated carbocycles. The van der Waals surface area contributed by atoms with Crippen LogP contribution in [0.1, 0.15) is 5.56 Å². The summed E-state index contributed by atoms with van der Waals surface area (Å²) in [7, 11) is 0. The number of carboxylic acid groups (broad SMARTS) is 1. The molecule has 122 valence electrons. The van der Waals surface area contributed by atoms with Crippen molar-refractivity contribution in [1.82, 2.24) is 15.0 Å². The summed E-state index contributed by atoms with van der Waals surface area (Å²) in [6.07, 6.45) is -1.14. The molecule has 1 heterocycles. The fraction of sp³-hybridized carbons (Fsp3) is 0.0500. The molecule has 3 aromatic carbocycles. The van der Waals surface area contributed by atoms with E-state index < -0.39 is 6.09 Å². The van der Waals surface area contributed by atoms with Crippen LogP contribution in [0.15, 0.2) is 66.7 Å². The number of hydrogen-bond donors (Lipinski definition) is 1. The van der Waals surface area contributed by atoms with Crippen molar-refractivity contribution in [3.8, 4) is 22.3 Å². The SMILES string of the molecule is Cc1ccccc1-c1ccc(-c2ccc3nnn(C(=O)O)c3c2)cc1. The molecule has 4 aromatic rings. The lowest BCUT2D eigenvalue weighted by molar-refractivity contribution is 0.193. The van der Waals surface area contributed by atoms with Gasteiger partial charge in [0, 0.05) is 0 Å². The van der Waals surface area contributed by atoms with Gasteiger partial charge in [0.05, 0.1) is 0 Å². The highest BCUT2D eigenvalue weighted by molar-refractivity contribution is 5.88. The van der Waals surface area contributed by atoms with E-state index >= 15 is 0 Å². The molecule has 0 amide bonds. The van der Waals surface area contributed by atoms with E-state index in [-0.39, 0.29) is 0 Å². The second kappa shape index (κ2) is 5.87. The van der Waals surface area contributed by atoms with Crippen LogP contribution >= 0.6 is 0 Å². The zero-order valence-corrected chi connectivity index (χ0v) is 13.5. The van der Waals surface area contributed by atoms with Gasteiger partial charge >= 0.3 is 6.09 Å². The molecule has 0 aliphatic rings. The summed E-state index contributed by atoms with van der Waals surface area (Å²) < 4.78 is 0.889. The van der Waals surface area contributed by atoms with Crippen LogP contribution in [0, 0.1) is 6.92 Å². The number of rotatable bonds is 2. The van der Waals surface area contributed by atoms with Gasteiger partial charge in [-0.2, -0.15) is 0 Å². The Morgan fingerprint density at radius 2 is 1.60 bits per heavy atom. The van der Waals surface area contributed by atoms with Crippen LogP contribution < -0.4 is 0 Å². The van der Waals surface area contributed by atoms with E-state index in [9.17, 15) is 9.90 Å². The second-order valence-electron chi connectivity index (χ2n) is 5.88. The molecular weight excluding hydrogens is 314 g/mol. The maximum absolute atomic E-state index is 11.2. The van der Waals surface area contributed by atoms with Crippen molar-refractivity contribution in [3.05, 3.63) is 72.3 Å². The maximum Gasteiger partial charge on any atom is 0.434 e. The van der Waals surface area contributed by atoms with Crippen molar-refractivity contribution < 1.29 is 9.90 Å². The number of nitrogens with zero attached hydrogens (tertiary/aromatic N) is 3. The third-order valence-corrected chi connectivity index (χ3v) is 4.30. The molecule has 1 N–H and O–H groups in total. The van der Waals surface area contributed by atoms with Gasteiger partial charge in [0.15, 0.2) is 0 Å². The van der Waals surface area contributed by atoms with E-state index in [0.29, 0.717) is 11.0 Å². The van der Waals surface area contributed by atoms with Gasteiger partial charge in [0.2, 0.25) is 0 Å². The van der Waals surface area contributed by atoms with E-state index in [1.165, 1.54) is 11.1 Å². The third-order valence-electron chi connectivity index (χ3n) is 4.30. The molecule has 0 bridgehead atoms. The molecule has 0 atom stereocenters. The first-order valence-corrected chi connectivity index (χ1v) is 7.89. The molecule has 0 spiro atoms. The highest BCUT2D eigenvalue weighted by Crippen LogP contribution is 2.28. The maximum atomic E-state index is 11.2. The van der Waals surface area contributed by atoms with Crippen LogP contribution in [-0.4, -0.2) is 26.2 Å². The van der Waals surface area contributed by atoms with Gasteiger partial charge in [-0.3, -0.25) is 0 Å². The van der Waals surface area contributed by atoms with E-state index in [2.05, 4.69) is 41.5 Å². The summed E-state index contributed by atoms with van der Waals surface area (Å²) in [4.78, 5) is 11.2. The molecule has 0 aliphatic heterocycles. The number of carbonyl (C=O) groups is 1. The number of fused-ring (bicyclic) bond motifs is 1. The molecule has 0 saturated heterocycles. The van der Waals surface area contributed by atoms with Gasteiger partial charge in [0.25, 0.3) is 0 Å². The predicted octanol–water partition coefficient (Wildman–Crippen LogP) is 4.60. The first kappa shape index (κ1) is 15.1. The lowest BCUT2D eigenvalue weighted by Gasteiger charge is -2.08. The summed E-state index contributed by atoms with van der Waals surface area (Å²) in [6.45, 7) is 2.09. The Hall–Kier alpha value is -3.47. The summed E-state index contributed by atoms with van der Waals surface area (Å²) in [6, 6.07) is 22.0. The minimum atomic E-state index is -1.14. The Kier molecular flexibility index (Phi) is 3.54. The van der Waals surface area contributed by atoms with E-state index in [0.717, 1.165) is 21.4 Å². The number of benzene rings is 3. The summed E-state index contributed by atoms with van der Waals surface area (Å²) in [5.74, 6) is 0. The van der Waals surface area contributed by atoms with Gasteiger partial charge in [-0.25, -0.2) is 4.79 Å². The molecule has 25 heavy (non-hydrogen) atoms. The average Bonchev–Trinajstić information content (AvgIpc) is 3.06. The fourth-order valence-electron chi connectivity index (χ4n) is 2.98. The monoisotopic (exact) mass is 329 g/mol. The molecule has 4 rings (SSSR count). The molecule has 0 radical (unpaired) electrons. The number of aryl methyl sites for hydroxylation is 1. The molecule has 0 unspecified atom stereocenters. The van der Waals surface area contributed by atoms with Crippen molar-refractivity contribution in [1.29, 1.82) is 0 Å². The van der Waals surface area contributed by atoms with Gasteiger partial charge in [-0.15, -0.1) is 9.78 Å². The van der Waals surface area contributed by atoms with Gasteiger partial charge in [-0.1, -0.05) is 59.8 Å². The van der Waals surface area contributed by atoms with Crippen molar-refractivity contribution >= 4 is 17.1 Å². The minimum Gasteiger partial charge on any atom is -0.463 e. The molecule has 1 aromatic heterocycles. The Labute approximate surface area is 144 Å². The van der Waals surface area contributed by atoms with E-state index in [1.807, 2.05) is 30.3 Å². The van der Waals surface area contributed by atoms with Gasteiger partial charge in [-0.05, 0) is 46.9 Å². The average molecular weight is 329 g/mol. The highest BCUT2D eigenvalue weighted by Gasteiger charge is 2.11. The van der Waals surface area contributed by atoms with Crippen molar-refractivity contribution in [3.63, 3.8) is 0 Å². The second-order valence-corrected chi connectivity index (χ2v) is 5.88. The van der Waals surface area contributed by atoms with Crippen LogP contribution in [0.3, 0.4) is 0 Å². The first-order valence-electron chi connectivity index (χ1n) is 7.89. The minimum absolute atomic E-state index is 0.480. The quantitative estimate of drug-likeness (QED) is 0.583. The Bertz CT molecular complexity index is 1080. The lowest BCUT2D eigenvalue weighted by Crippen LogP contribution is -2.09. The zero-order chi connectivity index (χ0) is 17.4. The molecular formula is C20H15N3O2. The fourth-order valence-corrected chi connectivity index (χ4v) is 2.98. The number of aromatic nitrogens is 3. The van der Waals surface area contributed by atoms with Gasteiger partial charge in [0.1, 0.15) is 11.0 Å². The van der Waals surface area contributed by atoms with Crippen molar-refractivity contribution in [2.24, 2.45) is 0 Å². The highest BCUT2D eigenvalue weighted by atomic mass is 16.4. The molecule has 5 nitrogen and oxygen atoms in total. The van der Waals surface area contributed by atoms with Crippen molar-refractivity contribution in [2.75, 3.05) is 0 Å². The van der Waals surface area contributed by atoms with Crippen LogP contribution in [0.25, 0.3) is 33.3 Å². The Morgan fingerprint density at radius 1 is 0.920 bits per heavy atom. The predicted molar refractivity (Wildman–Crippen MR) is 96.6 cm³/mol. The molecule has 5 heteroatoms. The summed E-state index contributed by atoms with van der Waals surface area (Å²) >= 11 is 0. The van der Waals surface area contributed by atoms with Gasteiger partial charge < -0.3 is 5.11 Å². The van der Waals surface area contributed by atoms with Crippen LogP contribution in [0.5, 0.6) is 0 Å². The topological polar surface area (TPSA) is 68.0 Å². The normalized spacial score (nSPS) is 10.9. The smallest absolute Gasteiger partial charge is 0.434 e. The largest absolute Gasteiger partial charge is 0.463 e. The Morgan fingerprint density at radius 3 is 2.32 bits per heavy atom.